The number of nitrogens with one attached hydrogen (secondary N) is 3. The van der Waals surface area contributed by atoms with Crippen LogP contribution in [-0.2, 0) is 4.79 Å². The van der Waals surface area contributed by atoms with Gasteiger partial charge in [0.15, 0.2) is 0 Å². The van der Waals surface area contributed by atoms with Gasteiger partial charge < -0.3 is 10.6 Å². The molecule has 0 saturated carbocycles. The van der Waals surface area contributed by atoms with Crippen molar-refractivity contribution in [2.45, 2.75) is 13.0 Å². The van der Waals surface area contributed by atoms with Gasteiger partial charge in [0.2, 0.25) is 23.8 Å². The topological polar surface area (TPSA) is 136 Å². The molecule has 10 nitrogen and oxygen atoms in total. The van der Waals surface area contributed by atoms with Gasteiger partial charge in [0.05, 0.1) is 0 Å². The third-order valence-electron chi connectivity index (χ3n) is 2.47. The van der Waals surface area contributed by atoms with E-state index in [1.807, 2.05) is 0 Å². The quantitative estimate of drug-likeness (QED) is 0.399. The van der Waals surface area contributed by atoms with E-state index in [4.69, 9.17) is 5.84 Å². The van der Waals surface area contributed by atoms with Gasteiger partial charge in [0.1, 0.15) is 12.4 Å². The van der Waals surface area contributed by atoms with Gasteiger partial charge in [-0.05, 0) is 6.92 Å². The second kappa shape index (κ2) is 5.93. The second-order valence-electron chi connectivity index (χ2n) is 3.88. The molecule has 1 atom stereocenters. The van der Waals surface area contributed by atoms with Crippen LogP contribution in [0.3, 0.4) is 0 Å². The number of nitrogen functional groups attached to an aromatic ring is 1. The molecule has 0 fully saturated rings. The number of nitrogens with zero attached hydrogens (tertiary/aromatic N) is 5. The number of hydrogen-bond donors (Lipinski definition) is 4. The number of rotatable bonds is 5. The molecule has 5 N–H and O–H groups in total. The molecule has 0 aliphatic rings. The van der Waals surface area contributed by atoms with Crippen LogP contribution in [0.25, 0.3) is 5.95 Å². The molecule has 106 valence electrons. The van der Waals surface area contributed by atoms with Gasteiger partial charge in [0.25, 0.3) is 0 Å². The Balaban J connectivity index is 2.29. The Kier molecular flexibility index (Phi) is 4.05. The highest BCUT2D eigenvalue weighted by atomic mass is 16.2. The first-order valence-electron chi connectivity index (χ1n) is 5.83. The standard InChI is InChI=1S/C10H15N9O/c1-6(7(20)12-2)14-8-15-9(18-11)17-10(16-8)19-4-3-13-5-19/h3-6H,11H2,1-2H3,(H,12,20)(H2,14,15,16,17,18). The predicted octanol–water partition coefficient (Wildman–Crippen LogP) is -1.11. The van der Waals surface area contributed by atoms with Crippen molar-refractivity contribution < 1.29 is 4.79 Å². The van der Waals surface area contributed by atoms with Crippen molar-refractivity contribution in [1.29, 1.82) is 0 Å². The lowest BCUT2D eigenvalue weighted by atomic mass is 10.3. The Morgan fingerprint density at radius 3 is 2.70 bits per heavy atom. The fourth-order valence-corrected chi connectivity index (χ4v) is 1.46. The number of carbonyl (C=O) groups excluding carboxylic acids is 1. The molecule has 0 saturated heterocycles. The van der Waals surface area contributed by atoms with Gasteiger partial charge >= 0.3 is 0 Å². The van der Waals surface area contributed by atoms with E-state index in [-0.39, 0.29) is 17.8 Å². The molecular formula is C10H15N9O. The summed E-state index contributed by atoms with van der Waals surface area (Å²) in [5, 5.41) is 5.39. The average molecular weight is 277 g/mol. The number of carbonyl (C=O) groups is 1. The first-order valence-corrected chi connectivity index (χ1v) is 5.83. The average Bonchev–Trinajstić information content (AvgIpc) is 3.00. The fourth-order valence-electron chi connectivity index (χ4n) is 1.46. The molecule has 2 rings (SSSR count). The maximum absolute atomic E-state index is 11.5. The fraction of sp³-hybridized carbons (Fsp3) is 0.300. The third-order valence-corrected chi connectivity index (χ3v) is 2.47. The number of hydrogen-bond acceptors (Lipinski definition) is 8. The van der Waals surface area contributed by atoms with Crippen LogP contribution in [0.15, 0.2) is 18.7 Å². The van der Waals surface area contributed by atoms with Crippen molar-refractivity contribution in [3.63, 3.8) is 0 Å². The Hall–Kier alpha value is -2.75. The highest BCUT2D eigenvalue weighted by molar-refractivity contribution is 5.83. The van der Waals surface area contributed by atoms with E-state index in [1.165, 1.54) is 0 Å². The molecule has 0 radical (unpaired) electrons. The lowest BCUT2D eigenvalue weighted by Gasteiger charge is -2.13. The summed E-state index contributed by atoms with van der Waals surface area (Å²) in [4.78, 5) is 27.7. The minimum Gasteiger partial charge on any atom is -0.357 e. The zero-order chi connectivity index (χ0) is 14.5. The van der Waals surface area contributed by atoms with E-state index in [2.05, 4.69) is 36.0 Å². The van der Waals surface area contributed by atoms with Crippen molar-refractivity contribution >= 4 is 17.8 Å². The van der Waals surface area contributed by atoms with Gasteiger partial charge in [-0.1, -0.05) is 0 Å². The Morgan fingerprint density at radius 1 is 1.35 bits per heavy atom. The van der Waals surface area contributed by atoms with E-state index in [0.29, 0.717) is 5.95 Å². The summed E-state index contributed by atoms with van der Waals surface area (Å²) in [6, 6.07) is -0.497. The van der Waals surface area contributed by atoms with E-state index < -0.39 is 6.04 Å². The zero-order valence-electron chi connectivity index (χ0n) is 11.0. The SMILES string of the molecule is CNC(=O)C(C)Nc1nc(NN)nc(-n2ccnc2)n1. The molecule has 2 aromatic heterocycles. The molecule has 0 bridgehead atoms. The van der Waals surface area contributed by atoms with Crippen molar-refractivity contribution in [3.05, 3.63) is 18.7 Å². The summed E-state index contributed by atoms with van der Waals surface area (Å²) < 4.78 is 1.60. The van der Waals surface area contributed by atoms with Crippen LogP contribution in [0.4, 0.5) is 11.9 Å². The first kappa shape index (κ1) is 13.7. The number of likely N-dealkylation sites (N-methyl/N-ethyl adjacent to an activating group) is 1. The molecule has 0 aliphatic heterocycles. The minimum atomic E-state index is -0.497. The van der Waals surface area contributed by atoms with Gasteiger partial charge in [-0.25, -0.2) is 10.8 Å². The molecule has 2 aromatic rings. The monoisotopic (exact) mass is 277 g/mol. The number of aromatic nitrogens is 5. The van der Waals surface area contributed by atoms with E-state index >= 15 is 0 Å². The lowest BCUT2D eigenvalue weighted by Crippen LogP contribution is -2.36. The summed E-state index contributed by atoms with van der Waals surface area (Å²) in [6.07, 6.45) is 4.82. The molecule has 0 aliphatic carbocycles. The molecule has 2 heterocycles. The summed E-state index contributed by atoms with van der Waals surface area (Å²) in [5.41, 5.74) is 2.35. The van der Waals surface area contributed by atoms with Crippen LogP contribution in [0.1, 0.15) is 6.92 Å². The number of anilines is 2. The van der Waals surface area contributed by atoms with Crippen LogP contribution in [-0.4, -0.2) is 43.5 Å². The summed E-state index contributed by atoms with van der Waals surface area (Å²) >= 11 is 0. The molecule has 1 amide bonds. The Labute approximate surface area is 114 Å². The lowest BCUT2D eigenvalue weighted by molar-refractivity contribution is -0.121. The zero-order valence-corrected chi connectivity index (χ0v) is 11.0. The number of amides is 1. The predicted molar refractivity (Wildman–Crippen MR) is 71.9 cm³/mol. The molecule has 20 heavy (non-hydrogen) atoms. The maximum Gasteiger partial charge on any atom is 0.243 e. The van der Waals surface area contributed by atoms with Gasteiger partial charge in [0, 0.05) is 19.4 Å². The minimum absolute atomic E-state index is 0.176. The first-order chi connectivity index (χ1) is 9.63. The molecule has 10 heteroatoms. The second-order valence-corrected chi connectivity index (χ2v) is 3.88. The molecule has 0 aromatic carbocycles. The van der Waals surface area contributed by atoms with Crippen molar-refractivity contribution in [1.82, 2.24) is 29.8 Å². The van der Waals surface area contributed by atoms with Gasteiger partial charge in [-0.2, -0.15) is 15.0 Å². The van der Waals surface area contributed by atoms with Crippen LogP contribution in [0.5, 0.6) is 0 Å². The van der Waals surface area contributed by atoms with Crippen LogP contribution in [0.2, 0.25) is 0 Å². The van der Waals surface area contributed by atoms with Crippen LogP contribution >= 0.6 is 0 Å². The highest BCUT2D eigenvalue weighted by Crippen LogP contribution is 2.09. The molecule has 0 spiro atoms. The maximum atomic E-state index is 11.5. The Bertz CT molecular complexity index is 582. The number of imidazole rings is 1. The molecule has 1 unspecified atom stereocenters. The van der Waals surface area contributed by atoms with Crippen LogP contribution in [0, 0.1) is 0 Å². The van der Waals surface area contributed by atoms with Crippen molar-refractivity contribution in [2.24, 2.45) is 5.84 Å². The number of nitrogens with two attached hydrogens (primary N) is 1. The van der Waals surface area contributed by atoms with Gasteiger partial charge in [-0.3, -0.25) is 14.8 Å². The summed E-state index contributed by atoms with van der Waals surface area (Å²) in [5.74, 6) is 5.88. The Morgan fingerprint density at radius 2 is 2.10 bits per heavy atom. The number of hydrazine groups is 1. The third kappa shape index (κ3) is 2.98. The smallest absolute Gasteiger partial charge is 0.243 e. The van der Waals surface area contributed by atoms with E-state index in [9.17, 15) is 4.79 Å². The largest absolute Gasteiger partial charge is 0.357 e. The van der Waals surface area contributed by atoms with Crippen molar-refractivity contribution in [2.75, 3.05) is 17.8 Å². The summed E-state index contributed by atoms with van der Waals surface area (Å²) in [6.45, 7) is 1.69. The van der Waals surface area contributed by atoms with Crippen molar-refractivity contribution in [3.8, 4) is 5.95 Å². The highest BCUT2D eigenvalue weighted by Gasteiger charge is 2.14. The van der Waals surface area contributed by atoms with E-state index in [0.717, 1.165) is 0 Å². The normalized spacial score (nSPS) is 11.8. The summed E-state index contributed by atoms with van der Waals surface area (Å²) in [7, 11) is 1.55. The van der Waals surface area contributed by atoms with Crippen LogP contribution < -0.4 is 21.9 Å². The molecular weight excluding hydrogens is 262 g/mol. The van der Waals surface area contributed by atoms with Gasteiger partial charge in [-0.15, -0.1) is 0 Å². The van der Waals surface area contributed by atoms with E-state index in [1.54, 1.807) is 37.3 Å².